The van der Waals surface area contributed by atoms with Crippen molar-refractivity contribution in [3.63, 3.8) is 0 Å². The Morgan fingerprint density at radius 3 is 2.46 bits per heavy atom. The number of aromatic amines is 1. The van der Waals surface area contributed by atoms with Crippen LogP contribution in [0.3, 0.4) is 0 Å². The molecule has 0 unspecified atom stereocenters. The highest BCUT2D eigenvalue weighted by atomic mass is 35.5. The summed E-state index contributed by atoms with van der Waals surface area (Å²) in [6.07, 6.45) is 5.96. The minimum Gasteiger partial charge on any atom is -0.299 e. The van der Waals surface area contributed by atoms with Gasteiger partial charge in [-0.25, -0.2) is 9.78 Å². The quantitative estimate of drug-likeness (QED) is 0.330. The number of nitrogens with zero attached hydrogens (tertiary/aromatic N) is 2. The third kappa shape index (κ3) is 6.35. The van der Waals surface area contributed by atoms with Crippen molar-refractivity contribution in [2.24, 2.45) is 5.41 Å². The maximum absolute atomic E-state index is 14.0. The molecule has 0 aliphatic heterocycles. The van der Waals surface area contributed by atoms with Crippen molar-refractivity contribution in [3.05, 3.63) is 69.1 Å². The van der Waals surface area contributed by atoms with Crippen LogP contribution in [0.1, 0.15) is 76.8 Å². The third-order valence-electron chi connectivity index (χ3n) is 7.47. The molecule has 0 bridgehead atoms. The number of rotatable bonds is 7. The number of aromatic nitrogens is 3. The maximum atomic E-state index is 14.0. The fourth-order valence-corrected chi connectivity index (χ4v) is 5.30. The van der Waals surface area contributed by atoms with Crippen LogP contribution < -0.4 is 5.69 Å². The molecule has 1 saturated carbocycles. The van der Waals surface area contributed by atoms with Crippen LogP contribution in [0.2, 0.25) is 5.02 Å². The number of benzene rings is 2. The number of carbonyl (C=O) groups is 1. The molecule has 2 aromatic carbocycles. The summed E-state index contributed by atoms with van der Waals surface area (Å²) in [7, 11) is 0. The number of hydrogen-bond donors (Lipinski definition) is 1. The third-order valence-corrected chi connectivity index (χ3v) is 7.80. The van der Waals surface area contributed by atoms with E-state index in [0.29, 0.717) is 41.5 Å². The van der Waals surface area contributed by atoms with Gasteiger partial charge < -0.3 is 0 Å². The summed E-state index contributed by atoms with van der Waals surface area (Å²) in [6, 6.07) is 13.3. The van der Waals surface area contributed by atoms with E-state index < -0.39 is 17.8 Å². The summed E-state index contributed by atoms with van der Waals surface area (Å²) in [4.78, 5) is 37.0. The Labute approximate surface area is 222 Å². The first-order valence-electron chi connectivity index (χ1n) is 13.1. The average molecular weight is 524 g/mol. The molecule has 0 radical (unpaired) electrons. The monoisotopic (exact) mass is 523 g/mol. The van der Waals surface area contributed by atoms with Crippen LogP contribution >= 0.6 is 11.6 Å². The van der Waals surface area contributed by atoms with Crippen LogP contribution in [-0.4, -0.2) is 27.4 Å². The molecule has 7 heteroatoms. The fraction of sp³-hybridized carbons (Fsp3) is 0.467. The van der Waals surface area contributed by atoms with Crippen LogP contribution in [0.5, 0.6) is 0 Å². The molecule has 37 heavy (non-hydrogen) atoms. The number of H-pyrrole nitrogens is 1. The summed E-state index contributed by atoms with van der Waals surface area (Å²) in [5.74, 6) is 0.642. The van der Waals surface area contributed by atoms with E-state index in [2.05, 4.69) is 35.7 Å². The van der Waals surface area contributed by atoms with Crippen LogP contribution in [0.4, 0.5) is 4.39 Å². The van der Waals surface area contributed by atoms with Crippen molar-refractivity contribution in [2.45, 2.75) is 77.6 Å². The molecule has 3 aromatic rings. The highest BCUT2D eigenvalue weighted by Crippen LogP contribution is 2.38. The van der Waals surface area contributed by atoms with E-state index >= 15 is 0 Å². The van der Waals surface area contributed by atoms with Gasteiger partial charge in [-0.15, -0.1) is 0 Å². The van der Waals surface area contributed by atoms with Gasteiger partial charge in [0.15, 0.2) is 5.82 Å². The van der Waals surface area contributed by atoms with Gasteiger partial charge in [0.25, 0.3) is 0 Å². The van der Waals surface area contributed by atoms with E-state index in [1.54, 1.807) is 6.07 Å². The molecular weight excluding hydrogens is 489 g/mol. The van der Waals surface area contributed by atoms with E-state index in [1.807, 2.05) is 36.4 Å². The number of hydrogen-bond acceptors (Lipinski definition) is 4. The molecule has 1 N–H and O–H groups in total. The summed E-state index contributed by atoms with van der Waals surface area (Å²) in [5, 5.41) is 0.433. The molecule has 4 rings (SSSR count). The second-order valence-corrected chi connectivity index (χ2v) is 11.6. The van der Waals surface area contributed by atoms with Gasteiger partial charge in [-0.1, -0.05) is 82.3 Å². The Bertz CT molecular complexity index is 1320. The number of nitrogens with one attached hydrogen (secondary N) is 1. The number of halogens is 2. The summed E-state index contributed by atoms with van der Waals surface area (Å²) in [6.45, 7) is 5.78. The molecule has 0 amide bonds. The van der Waals surface area contributed by atoms with Gasteiger partial charge in [0.2, 0.25) is 0 Å². The predicted octanol–water partition coefficient (Wildman–Crippen LogP) is 7.26. The largest absolute Gasteiger partial charge is 0.348 e. The minimum absolute atomic E-state index is 0.00450. The first-order valence-corrected chi connectivity index (χ1v) is 13.5. The normalized spacial score (nSPS) is 15.8. The number of carbonyl (C=O) groups excluding carboxylic acids is 1. The van der Waals surface area contributed by atoms with Crippen LogP contribution in [-0.2, 0) is 16.6 Å². The second-order valence-electron chi connectivity index (χ2n) is 11.2. The van der Waals surface area contributed by atoms with E-state index in [-0.39, 0.29) is 17.6 Å². The van der Waals surface area contributed by atoms with Crippen LogP contribution in [0.25, 0.3) is 22.8 Å². The van der Waals surface area contributed by atoms with Crippen molar-refractivity contribution < 1.29 is 9.18 Å². The van der Waals surface area contributed by atoms with Crippen molar-refractivity contribution in [1.29, 1.82) is 0 Å². The number of alkyl halides is 1. The zero-order chi connectivity index (χ0) is 26.6. The van der Waals surface area contributed by atoms with Crippen LogP contribution in [0, 0.1) is 5.41 Å². The maximum Gasteiger partial charge on any atom is 0.348 e. The standard InChI is InChI=1S/C30H35ClFN3O2/c1-29(2,3)22-10-8-9-21(18-22)26-33-27(35-28(37)34-26)23-17-20(11-13-24(23)31)12-14-25(36)30(19-32)15-6-4-5-7-16-30/h8-11,13,17-18H,4-7,12,14-16,19H2,1-3H3,(H,33,34,35,37). The lowest BCUT2D eigenvalue weighted by Gasteiger charge is -2.28. The first-order chi connectivity index (χ1) is 17.6. The minimum atomic E-state index is -0.833. The van der Waals surface area contributed by atoms with Gasteiger partial charge in [0.1, 0.15) is 18.3 Å². The first kappa shape index (κ1) is 27.2. The van der Waals surface area contributed by atoms with Gasteiger partial charge >= 0.3 is 5.69 Å². The number of aryl methyl sites for hydroxylation is 1. The molecule has 1 fully saturated rings. The Morgan fingerprint density at radius 1 is 1.05 bits per heavy atom. The Morgan fingerprint density at radius 2 is 1.78 bits per heavy atom. The van der Waals surface area contributed by atoms with Gasteiger partial charge in [-0.3, -0.25) is 14.2 Å². The zero-order valence-electron chi connectivity index (χ0n) is 21.9. The second kappa shape index (κ2) is 11.3. The van der Waals surface area contributed by atoms with Crippen molar-refractivity contribution >= 4 is 17.4 Å². The molecule has 1 heterocycles. The van der Waals surface area contributed by atoms with Crippen molar-refractivity contribution in [1.82, 2.24) is 15.0 Å². The highest BCUT2D eigenvalue weighted by Gasteiger charge is 2.37. The fourth-order valence-electron chi connectivity index (χ4n) is 5.09. The smallest absolute Gasteiger partial charge is 0.299 e. The van der Waals surface area contributed by atoms with Gasteiger partial charge in [-0.2, -0.15) is 4.98 Å². The molecule has 196 valence electrons. The lowest BCUT2D eigenvalue weighted by Crippen LogP contribution is -2.33. The molecule has 0 spiro atoms. The van der Waals surface area contributed by atoms with Gasteiger partial charge in [0.05, 0.1) is 10.4 Å². The van der Waals surface area contributed by atoms with E-state index in [1.165, 1.54) is 0 Å². The molecule has 1 aliphatic carbocycles. The summed E-state index contributed by atoms with van der Waals surface area (Å²) in [5.41, 5.74) is 1.89. The number of Topliss-reactive ketones (excluding diaryl/α,β-unsaturated/α-hetero) is 1. The Hall–Kier alpha value is -2.86. The van der Waals surface area contributed by atoms with Gasteiger partial charge in [0, 0.05) is 17.5 Å². The lowest BCUT2D eigenvalue weighted by molar-refractivity contribution is -0.130. The SMILES string of the molecule is CC(C)(C)c1cccc(-c2nc(-c3cc(CCC(=O)C4(CF)CCCCCC4)ccc3Cl)[nH]c(=O)n2)c1. The lowest BCUT2D eigenvalue weighted by atomic mass is 9.76. The molecule has 0 atom stereocenters. The topological polar surface area (TPSA) is 75.7 Å². The molecule has 1 aromatic heterocycles. The van der Waals surface area contributed by atoms with Crippen molar-refractivity contribution in [2.75, 3.05) is 6.67 Å². The van der Waals surface area contributed by atoms with Crippen molar-refractivity contribution in [3.8, 4) is 22.8 Å². The summed E-state index contributed by atoms with van der Waals surface area (Å²) < 4.78 is 14.0. The van der Waals surface area contributed by atoms with E-state index in [4.69, 9.17) is 11.6 Å². The molecular formula is C30H35ClFN3O2. The van der Waals surface area contributed by atoms with Gasteiger partial charge in [-0.05, 0) is 54.0 Å². The average Bonchev–Trinajstić information content (AvgIpc) is 3.14. The summed E-state index contributed by atoms with van der Waals surface area (Å²) >= 11 is 6.51. The molecule has 1 aliphatic rings. The van der Waals surface area contributed by atoms with E-state index in [9.17, 15) is 14.0 Å². The van der Waals surface area contributed by atoms with E-state index in [0.717, 1.165) is 42.4 Å². The number of ketones is 1. The predicted molar refractivity (Wildman–Crippen MR) is 147 cm³/mol. The Balaban J connectivity index is 1.60. The van der Waals surface area contributed by atoms with Crippen LogP contribution in [0.15, 0.2) is 47.3 Å². The zero-order valence-corrected chi connectivity index (χ0v) is 22.6. The molecule has 0 saturated heterocycles. The Kier molecular flexibility index (Phi) is 8.27. The molecule has 5 nitrogen and oxygen atoms in total. The highest BCUT2D eigenvalue weighted by molar-refractivity contribution is 6.33.